The summed E-state index contributed by atoms with van der Waals surface area (Å²) < 4.78 is 0. The summed E-state index contributed by atoms with van der Waals surface area (Å²) in [5.41, 5.74) is 0.914. The van der Waals surface area contributed by atoms with E-state index in [1.165, 1.54) is 6.33 Å². The summed E-state index contributed by atoms with van der Waals surface area (Å²) in [6.45, 7) is 4.56. The molecule has 0 bridgehead atoms. The van der Waals surface area contributed by atoms with Gasteiger partial charge in [0.05, 0.1) is 25.3 Å². The first-order valence-corrected chi connectivity index (χ1v) is 8.52. The third-order valence-corrected chi connectivity index (χ3v) is 4.67. The Morgan fingerprint density at radius 2 is 2.29 bits per heavy atom. The second-order valence-corrected chi connectivity index (χ2v) is 6.63. The average molecular weight is 334 g/mol. The molecule has 2 aliphatic heterocycles. The van der Waals surface area contributed by atoms with E-state index in [9.17, 15) is 9.90 Å². The van der Waals surface area contributed by atoms with E-state index in [4.69, 9.17) is 0 Å². The minimum Gasteiger partial charge on any atom is -0.394 e. The van der Waals surface area contributed by atoms with Gasteiger partial charge in [0.2, 0.25) is 5.91 Å². The van der Waals surface area contributed by atoms with Crippen LogP contribution in [0.15, 0.2) is 6.33 Å². The highest BCUT2D eigenvalue weighted by atomic mass is 16.3. The Bertz CT molecular complexity index is 590. The maximum atomic E-state index is 12.7. The second-order valence-electron chi connectivity index (χ2n) is 6.63. The Balaban J connectivity index is 1.92. The zero-order valence-electron chi connectivity index (χ0n) is 14.3. The molecule has 0 spiro atoms. The van der Waals surface area contributed by atoms with Gasteiger partial charge in [-0.1, -0.05) is 0 Å². The summed E-state index contributed by atoms with van der Waals surface area (Å²) in [5.74, 6) is 1.58. The van der Waals surface area contributed by atoms with Crippen LogP contribution in [0.2, 0.25) is 0 Å². The van der Waals surface area contributed by atoms with E-state index in [1.54, 1.807) is 0 Å². The van der Waals surface area contributed by atoms with E-state index in [2.05, 4.69) is 20.6 Å². The lowest BCUT2D eigenvalue weighted by molar-refractivity contribution is -0.132. The minimum atomic E-state index is -0.113. The molecule has 2 aliphatic rings. The number of carbonyl (C=O) groups excluding carboxylic acids is 1. The van der Waals surface area contributed by atoms with Gasteiger partial charge in [0, 0.05) is 25.7 Å². The van der Waals surface area contributed by atoms with Crippen molar-refractivity contribution < 1.29 is 9.90 Å². The van der Waals surface area contributed by atoms with Gasteiger partial charge in [0.25, 0.3) is 0 Å². The van der Waals surface area contributed by atoms with Crippen molar-refractivity contribution in [3.05, 3.63) is 11.9 Å². The Morgan fingerprint density at radius 1 is 1.46 bits per heavy atom. The fourth-order valence-corrected chi connectivity index (χ4v) is 3.34. The van der Waals surface area contributed by atoms with Crippen LogP contribution in [-0.2, 0) is 11.3 Å². The van der Waals surface area contributed by atoms with E-state index < -0.39 is 0 Å². The zero-order valence-corrected chi connectivity index (χ0v) is 14.3. The molecule has 24 heavy (non-hydrogen) atoms. The van der Waals surface area contributed by atoms with Crippen molar-refractivity contribution in [3.8, 4) is 0 Å². The normalized spacial score (nSPS) is 22.8. The van der Waals surface area contributed by atoms with Crippen molar-refractivity contribution in [1.29, 1.82) is 0 Å². The lowest BCUT2D eigenvalue weighted by atomic mass is 10.0. The number of likely N-dealkylation sites (N-methyl/N-ethyl adjacent to an activating group) is 1. The summed E-state index contributed by atoms with van der Waals surface area (Å²) in [4.78, 5) is 25.3. The van der Waals surface area contributed by atoms with Crippen LogP contribution in [0.3, 0.4) is 0 Å². The molecule has 3 N–H and O–H groups in total. The molecule has 2 atom stereocenters. The fourth-order valence-electron chi connectivity index (χ4n) is 3.34. The molecule has 1 amide bonds. The number of amides is 1. The minimum absolute atomic E-state index is 0.0177. The van der Waals surface area contributed by atoms with Crippen molar-refractivity contribution in [1.82, 2.24) is 20.2 Å². The van der Waals surface area contributed by atoms with Gasteiger partial charge >= 0.3 is 0 Å². The lowest BCUT2D eigenvalue weighted by Gasteiger charge is -2.34. The average Bonchev–Trinajstić information content (AvgIpc) is 2.72. The molecule has 1 fully saturated rings. The van der Waals surface area contributed by atoms with Gasteiger partial charge < -0.3 is 25.5 Å². The number of aliphatic hydroxyl groups excluding tert-OH is 1. The summed E-state index contributed by atoms with van der Waals surface area (Å²) >= 11 is 0. The summed E-state index contributed by atoms with van der Waals surface area (Å²) in [6, 6.07) is 0.0898. The van der Waals surface area contributed by atoms with Crippen molar-refractivity contribution in [2.45, 2.75) is 38.4 Å². The molecule has 132 valence electrons. The number of anilines is 2. The SMILES string of the molecule is CC(CO)Nc1ncnc2c1CN(C1CCCNC1)C(=O)CN2C. The van der Waals surface area contributed by atoms with E-state index in [0.717, 1.165) is 37.3 Å². The van der Waals surface area contributed by atoms with Gasteiger partial charge in [-0.25, -0.2) is 9.97 Å². The number of nitrogens with zero attached hydrogens (tertiary/aromatic N) is 4. The standard InChI is InChI=1S/C16H26N6O2/c1-11(9-23)20-15-13-7-22(12-4-3-5-17-6-12)14(24)8-21(2)16(13)19-10-18-15/h10-12,17,23H,3-9H2,1-2H3,(H,18,19,20). The quantitative estimate of drug-likeness (QED) is 0.702. The number of piperidine rings is 1. The summed E-state index contributed by atoms with van der Waals surface area (Å²) in [7, 11) is 1.88. The molecule has 0 saturated carbocycles. The van der Waals surface area contributed by atoms with E-state index in [1.807, 2.05) is 23.8 Å². The number of aliphatic hydroxyl groups is 1. The van der Waals surface area contributed by atoms with Gasteiger partial charge in [-0.3, -0.25) is 4.79 Å². The molecule has 3 rings (SSSR count). The highest BCUT2D eigenvalue weighted by molar-refractivity contribution is 5.84. The predicted octanol–water partition coefficient (Wildman–Crippen LogP) is -0.200. The first-order chi connectivity index (χ1) is 11.6. The topological polar surface area (TPSA) is 93.6 Å². The van der Waals surface area contributed by atoms with Gasteiger partial charge in [0.1, 0.15) is 18.0 Å². The number of hydrogen-bond acceptors (Lipinski definition) is 7. The van der Waals surface area contributed by atoms with Gasteiger partial charge in [0.15, 0.2) is 0 Å². The van der Waals surface area contributed by atoms with Crippen LogP contribution in [0.1, 0.15) is 25.3 Å². The molecule has 1 aromatic heterocycles. The zero-order chi connectivity index (χ0) is 17.1. The van der Waals surface area contributed by atoms with Crippen LogP contribution in [0.25, 0.3) is 0 Å². The number of rotatable bonds is 4. The smallest absolute Gasteiger partial charge is 0.242 e. The summed E-state index contributed by atoms with van der Waals surface area (Å²) in [5, 5.41) is 15.9. The highest BCUT2D eigenvalue weighted by Gasteiger charge is 2.32. The molecule has 2 unspecified atom stereocenters. The van der Waals surface area contributed by atoms with Crippen LogP contribution in [0.5, 0.6) is 0 Å². The second kappa shape index (κ2) is 7.31. The Kier molecular flexibility index (Phi) is 5.15. The third kappa shape index (κ3) is 3.44. The molecule has 8 nitrogen and oxygen atoms in total. The van der Waals surface area contributed by atoms with Crippen molar-refractivity contribution >= 4 is 17.5 Å². The van der Waals surface area contributed by atoms with E-state index >= 15 is 0 Å². The maximum Gasteiger partial charge on any atom is 0.242 e. The van der Waals surface area contributed by atoms with Crippen LogP contribution in [0, 0.1) is 0 Å². The van der Waals surface area contributed by atoms with E-state index in [-0.39, 0.29) is 24.6 Å². The highest BCUT2D eigenvalue weighted by Crippen LogP contribution is 2.29. The fraction of sp³-hybridized carbons (Fsp3) is 0.688. The van der Waals surface area contributed by atoms with Crippen LogP contribution in [0.4, 0.5) is 11.6 Å². The van der Waals surface area contributed by atoms with Crippen molar-refractivity contribution in [2.75, 3.05) is 43.5 Å². The first-order valence-electron chi connectivity index (χ1n) is 8.52. The Hall–Kier alpha value is -1.93. The maximum absolute atomic E-state index is 12.7. The van der Waals surface area contributed by atoms with Crippen molar-refractivity contribution in [3.63, 3.8) is 0 Å². The molecule has 8 heteroatoms. The van der Waals surface area contributed by atoms with Crippen LogP contribution < -0.4 is 15.5 Å². The molecule has 0 aliphatic carbocycles. The lowest BCUT2D eigenvalue weighted by Crippen LogP contribution is -2.49. The van der Waals surface area contributed by atoms with E-state index in [0.29, 0.717) is 18.9 Å². The number of hydrogen-bond donors (Lipinski definition) is 3. The largest absolute Gasteiger partial charge is 0.394 e. The van der Waals surface area contributed by atoms with Gasteiger partial charge in [-0.15, -0.1) is 0 Å². The molecular formula is C16H26N6O2. The number of aromatic nitrogens is 2. The van der Waals surface area contributed by atoms with Gasteiger partial charge in [-0.2, -0.15) is 0 Å². The number of carbonyl (C=O) groups is 1. The molecular weight excluding hydrogens is 308 g/mol. The van der Waals surface area contributed by atoms with Crippen molar-refractivity contribution in [2.24, 2.45) is 0 Å². The Labute approximate surface area is 142 Å². The summed E-state index contributed by atoms with van der Waals surface area (Å²) in [6.07, 6.45) is 3.60. The number of nitrogens with one attached hydrogen (secondary N) is 2. The third-order valence-electron chi connectivity index (χ3n) is 4.67. The monoisotopic (exact) mass is 334 g/mol. The molecule has 1 aromatic rings. The molecule has 0 radical (unpaired) electrons. The molecule has 1 saturated heterocycles. The molecule has 0 aromatic carbocycles. The Morgan fingerprint density at radius 3 is 3.00 bits per heavy atom. The van der Waals surface area contributed by atoms with Crippen LogP contribution in [-0.4, -0.2) is 71.3 Å². The van der Waals surface area contributed by atoms with Gasteiger partial charge in [-0.05, 0) is 26.3 Å². The first kappa shape index (κ1) is 16.9. The van der Waals surface area contributed by atoms with Crippen LogP contribution >= 0.6 is 0 Å². The number of fused-ring (bicyclic) bond motifs is 1. The molecule has 3 heterocycles. The predicted molar refractivity (Wildman–Crippen MR) is 91.9 cm³/mol.